The van der Waals surface area contributed by atoms with Crippen LogP contribution in [0, 0.1) is 6.92 Å². The molecule has 0 spiro atoms. The van der Waals surface area contributed by atoms with Crippen molar-refractivity contribution in [3.05, 3.63) is 64.4 Å². The van der Waals surface area contributed by atoms with E-state index in [4.69, 9.17) is 0 Å². The number of hydrogen-bond acceptors (Lipinski definition) is 4. The van der Waals surface area contributed by atoms with Crippen LogP contribution < -0.4 is 5.56 Å². The molecule has 23 heavy (non-hydrogen) atoms. The van der Waals surface area contributed by atoms with Crippen molar-refractivity contribution in [2.45, 2.75) is 23.0 Å². The molecule has 2 heterocycles. The van der Waals surface area contributed by atoms with Crippen molar-refractivity contribution in [3.8, 4) is 0 Å². The normalized spacial score (nSPS) is 16.7. The van der Waals surface area contributed by atoms with E-state index in [1.165, 1.54) is 10.5 Å². The third-order valence-corrected chi connectivity index (χ3v) is 6.29. The van der Waals surface area contributed by atoms with Crippen LogP contribution in [0.5, 0.6) is 0 Å². The molecule has 5 heteroatoms. The van der Waals surface area contributed by atoms with Crippen LogP contribution in [-0.2, 0) is 0 Å². The van der Waals surface area contributed by atoms with Crippen molar-refractivity contribution < 1.29 is 0 Å². The molecule has 0 bridgehead atoms. The van der Waals surface area contributed by atoms with Gasteiger partial charge in [-0.05, 0) is 31.2 Å². The molecule has 3 aromatic rings. The summed E-state index contributed by atoms with van der Waals surface area (Å²) >= 11 is 3.54. The van der Waals surface area contributed by atoms with Crippen molar-refractivity contribution in [2.24, 2.45) is 0 Å². The Morgan fingerprint density at radius 1 is 1.22 bits per heavy atom. The predicted molar refractivity (Wildman–Crippen MR) is 97.7 cm³/mol. The zero-order chi connectivity index (χ0) is 15.8. The molecular formula is C18H16N2OS2. The number of benzene rings is 2. The molecule has 1 unspecified atom stereocenters. The minimum atomic E-state index is -0.119. The van der Waals surface area contributed by atoms with Gasteiger partial charge in [0.15, 0.2) is 5.16 Å². The van der Waals surface area contributed by atoms with Gasteiger partial charge in [-0.3, -0.25) is 4.79 Å². The fourth-order valence-electron chi connectivity index (χ4n) is 2.82. The Labute approximate surface area is 143 Å². The number of rotatable bonds is 3. The summed E-state index contributed by atoms with van der Waals surface area (Å²) in [6, 6.07) is 16.8. The monoisotopic (exact) mass is 340 g/mol. The van der Waals surface area contributed by atoms with Crippen LogP contribution in [0.1, 0.15) is 11.6 Å². The number of aromatic nitrogens is 2. The summed E-state index contributed by atoms with van der Waals surface area (Å²) in [5.41, 5.74) is 2.16. The van der Waals surface area contributed by atoms with Crippen molar-refractivity contribution >= 4 is 34.4 Å². The minimum absolute atomic E-state index is 0.119. The van der Waals surface area contributed by atoms with Crippen molar-refractivity contribution in [2.75, 3.05) is 11.5 Å². The van der Waals surface area contributed by atoms with Crippen LogP contribution in [0.3, 0.4) is 0 Å². The lowest BCUT2D eigenvalue weighted by Gasteiger charge is -2.16. The zero-order valence-electron chi connectivity index (χ0n) is 12.7. The van der Waals surface area contributed by atoms with Crippen molar-refractivity contribution in [3.63, 3.8) is 0 Å². The number of thioether (sulfide) groups is 2. The first-order chi connectivity index (χ1) is 11.2. The van der Waals surface area contributed by atoms with Crippen LogP contribution in [0.15, 0.2) is 63.4 Å². The van der Waals surface area contributed by atoms with E-state index in [0.717, 1.165) is 22.2 Å². The fraction of sp³-hybridized carbons (Fsp3) is 0.222. The summed E-state index contributed by atoms with van der Waals surface area (Å²) in [5, 5.41) is 1.56. The summed E-state index contributed by atoms with van der Waals surface area (Å²) < 4.78 is 2.24. The first-order valence-electron chi connectivity index (χ1n) is 7.56. The van der Waals surface area contributed by atoms with Crippen LogP contribution >= 0.6 is 23.5 Å². The average molecular weight is 340 g/mol. The van der Waals surface area contributed by atoms with Crippen LogP contribution in [0.2, 0.25) is 0 Å². The molecule has 1 aromatic heterocycles. The van der Waals surface area contributed by atoms with Gasteiger partial charge in [0.05, 0.1) is 16.9 Å². The molecule has 0 amide bonds. The first kappa shape index (κ1) is 14.8. The third-order valence-electron chi connectivity index (χ3n) is 4.03. The van der Waals surface area contributed by atoms with E-state index in [9.17, 15) is 4.79 Å². The lowest BCUT2D eigenvalue weighted by atomic mass is 10.2. The standard InChI is InChI=1S/C18H16N2OS2/c1-12-6-8-14(9-7-12)22-10-13-11-23-18-19-17(21)15-4-2-3-5-16(15)20(13)18/h2-9,13H,10-11H2,1H3. The molecule has 0 fully saturated rings. The molecule has 116 valence electrons. The Morgan fingerprint density at radius 2 is 2.00 bits per heavy atom. The van der Waals surface area contributed by atoms with Crippen molar-refractivity contribution in [1.82, 2.24) is 9.55 Å². The summed E-state index contributed by atoms with van der Waals surface area (Å²) in [4.78, 5) is 17.7. The van der Waals surface area contributed by atoms with E-state index in [0.29, 0.717) is 11.4 Å². The topological polar surface area (TPSA) is 34.9 Å². The molecule has 0 radical (unpaired) electrons. The van der Waals surface area contributed by atoms with E-state index in [1.807, 2.05) is 36.0 Å². The lowest BCUT2D eigenvalue weighted by Crippen LogP contribution is -2.17. The fourth-order valence-corrected chi connectivity index (χ4v) is 5.09. The average Bonchev–Trinajstić information content (AvgIpc) is 2.98. The van der Waals surface area contributed by atoms with Gasteiger partial charge in [-0.2, -0.15) is 4.98 Å². The summed E-state index contributed by atoms with van der Waals surface area (Å²) in [5.74, 6) is 1.96. The van der Waals surface area contributed by atoms with Crippen LogP contribution in [0.4, 0.5) is 0 Å². The van der Waals surface area contributed by atoms with Gasteiger partial charge in [0.2, 0.25) is 0 Å². The maximum atomic E-state index is 12.1. The van der Waals surface area contributed by atoms with Gasteiger partial charge in [0, 0.05) is 16.4 Å². The second-order valence-corrected chi connectivity index (χ2v) is 7.76. The van der Waals surface area contributed by atoms with Gasteiger partial charge in [0.25, 0.3) is 5.56 Å². The number of aryl methyl sites for hydroxylation is 1. The summed E-state index contributed by atoms with van der Waals surface area (Å²) in [6.45, 7) is 2.10. The van der Waals surface area contributed by atoms with E-state index in [1.54, 1.807) is 11.8 Å². The van der Waals surface area contributed by atoms with Gasteiger partial charge >= 0.3 is 0 Å². The van der Waals surface area contributed by atoms with Gasteiger partial charge in [-0.1, -0.05) is 41.6 Å². The molecule has 1 aliphatic heterocycles. The Balaban J connectivity index is 1.66. The quantitative estimate of drug-likeness (QED) is 0.530. The predicted octanol–water partition coefficient (Wildman–Crippen LogP) is 4.14. The Hall–Kier alpha value is -1.72. The van der Waals surface area contributed by atoms with Gasteiger partial charge in [-0.25, -0.2) is 0 Å². The molecule has 4 rings (SSSR count). The van der Waals surface area contributed by atoms with E-state index in [-0.39, 0.29) is 5.56 Å². The Kier molecular flexibility index (Phi) is 3.91. The maximum absolute atomic E-state index is 12.1. The Morgan fingerprint density at radius 3 is 2.83 bits per heavy atom. The maximum Gasteiger partial charge on any atom is 0.281 e. The third kappa shape index (κ3) is 2.79. The number of para-hydroxylation sites is 1. The Bertz CT molecular complexity index is 918. The number of nitrogens with zero attached hydrogens (tertiary/aromatic N) is 2. The SMILES string of the molecule is Cc1ccc(SCC2CSc3nc(=O)c4ccccc4n32)cc1. The van der Waals surface area contributed by atoms with Gasteiger partial charge in [0.1, 0.15) is 0 Å². The highest BCUT2D eigenvalue weighted by Crippen LogP contribution is 2.37. The molecule has 0 N–H and O–H groups in total. The van der Waals surface area contributed by atoms with E-state index < -0.39 is 0 Å². The van der Waals surface area contributed by atoms with E-state index >= 15 is 0 Å². The highest BCUT2D eigenvalue weighted by Gasteiger charge is 2.25. The molecule has 0 saturated heterocycles. The smallest absolute Gasteiger partial charge is 0.281 e. The molecule has 0 saturated carbocycles. The summed E-state index contributed by atoms with van der Waals surface area (Å²) in [6.07, 6.45) is 0. The summed E-state index contributed by atoms with van der Waals surface area (Å²) in [7, 11) is 0. The lowest BCUT2D eigenvalue weighted by molar-refractivity contribution is 0.591. The highest BCUT2D eigenvalue weighted by molar-refractivity contribution is 8.00. The van der Waals surface area contributed by atoms with Crippen LogP contribution in [-0.4, -0.2) is 21.1 Å². The molecular weight excluding hydrogens is 324 g/mol. The first-order valence-corrected chi connectivity index (χ1v) is 9.53. The van der Waals surface area contributed by atoms with E-state index in [2.05, 4.69) is 40.7 Å². The number of hydrogen-bond donors (Lipinski definition) is 0. The molecule has 2 aromatic carbocycles. The largest absolute Gasteiger partial charge is 0.315 e. The van der Waals surface area contributed by atoms with Crippen molar-refractivity contribution in [1.29, 1.82) is 0 Å². The van der Waals surface area contributed by atoms with Crippen LogP contribution in [0.25, 0.3) is 10.9 Å². The zero-order valence-corrected chi connectivity index (χ0v) is 14.4. The minimum Gasteiger partial charge on any atom is -0.315 e. The highest BCUT2D eigenvalue weighted by atomic mass is 32.2. The molecule has 1 atom stereocenters. The molecule has 0 aliphatic carbocycles. The number of fused-ring (bicyclic) bond motifs is 3. The van der Waals surface area contributed by atoms with Gasteiger partial charge < -0.3 is 4.57 Å². The second-order valence-electron chi connectivity index (χ2n) is 5.68. The second kappa shape index (κ2) is 6.06. The molecule has 1 aliphatic rings. The molecule has 3 nitrogen and oxygen atoms in total. The van der Waals surface area contributed by atoms with Gasteiger partial charge in [-0.15, -0.1) is 11.8 Å².